The molecule has 0 aliphatic rings. The third kappa shape index (κ3) is 8.27. The Bertz CT molecular complexity index is 1030. The van der Waals surface area contributed by atoms with E-state index in [1.807, 2.05) is 92.0 Å². The second-order valence-electron chi connectivity index (χ2n) is 7.59. The van der Waals surface area contributed by atoms with Crippen molar-refractivity contribution in [3.05, 3.63) is 103 Å². The summed E-state index contributed by atoms with van der Waals surface area (Å²) in [5.41, 5.74) is 3.96. The Morgan fingerprint density at radius 3 is 2.12 bits per heavy atom. The smallest absolute Gasteiger partial charge is 0.319 e. The van der Waals surface area contributed by atoms with E-state index in [0.717, 1.165) is 16.7 Å². The van der Waals surface area contributed by atoms with Crippen LogP contribution in [0.3, 0.4) is 0 Å². The Hall–Kier alpha value is -3.90. The molecule has 0 heterocycles. The predicted molar refractivity (Wildman–Crippen MR) is 134 cm³/mol. The molecule has 0 saturated heterocycles. The molecule has 0 saturated carbocycles. The monoisotopic (exact) mass is 442 g/mol. The minimum Gasteiger partial charge on any atom is -0.351 e. The molecule has 0 aliphatic carbocycles. The molecule has 3 amide bonds. The van der Waals surface area contributed by atoms with Gasteiger partial charge in [-0.05, 0) is 42.3 Å². The molecule has 6 nitrogen and oxygen atoms in total. The molecule has 0 fully saturated rings. The van der Waals surface area contributed by atoms with Crippen molar-refractivity contribution in [1.29, 1.82) is 0 Å². The van der Waals surface area contributed by atoms with E-state index >= 15 is 0 Å². The number of likely N-dealkylation sites (N-methyl/N-ethyl adjacent to an activating group) is 1. The molecule has 0 aromatic heterocycles. The number of nitrogens with one attached hydrogen (secondary N) is 4. The highest BCUT2D eigenvalue weighted by molar-refractivity contribution is 5.90. The van der Waals surface area contributed by atoms with Crippen molar-refractivity contribution in [3.8, 4) is 11.1 Å². The molecule has 0 radical (unpaired) electrons. The Labute approximate surface area is 195 Å². The molecule has 3 aromatic carbocycles. The molecule has 1 atom stereocenters. The number of carbonyl (C=O) groups excluding carboxylic acids is 2. The van der Waals surface area contributed by atoms with Crippen LogP contribution in [-0.2, 0) is 11.2 Å². The van der Waals surface area contributed by atoms with Crippen molar-refractivity contribution in [3.63, 3.8) is 0 Å². The number of hydrogen-bond donors (Lipinski definition) is 4. The van der Waals surface area contributed by atoms with Gasteiger partial charge in [0, 0.05) is 24.9 Å². The van der Waals surface area contributed by atoms with E-state index in [4.69, 9.17) is 0 Å². The average molecular weight is 443 g/mol. The largest absolute Gasteiger partial charge is 0.351 e. The maximum atomic E-state index is 12.7. The van der Waals surface area contributed by atoms with E-state index < -0.39 is 0 Å². The van der Waals surface area contributed by atoms with E-state index in [2.05, 4.69) is 21.3 Å². The minimum atomic E-state index is -0.342. The van der Waals surface area contributed by atoms with Gasteiger partial charge in [0.2, 0.25) is 5.91 Å². The van der Waals surface area contributed by atoms with Crippen LogP contribution in [0.1, 0.15) is 5.56 Å². The number of urea groups is 1. The highest BCUT2D eigenvalue weighted by Crippen LogP contribution is 2.21. The number of benzene rings is 3. The van der Waals surface area contributed by atoms with Crippen LogP contribution >= 0.6 is 0 Å². The first-order valence-electron chi connectivity index (χ1n) is 11.0. The molecule has 3 aromatic rings. The fourth-order valence-electron chi connectivity index (χ4n) is 3.32. The zero-order chi connectivity index (χ0) is 23.3. The molecule has 3 rings (SSSR count). The first-order valence-corrected chi connectivity index (χ1v) is 11.0. The summed E-state index contributed by atoms with van der Waals surface area (Å²) in [6, 6.07) is 26.9. The normalized spacial score (nSPS) is 11.7. The van der Waals surface area contributed by atoms with Crippen molar-refractivity contribution < 1.29 is 9.59 Å². The van der Waals surface area contributed by atoms with Gasteiger partial charge in [-0.1, -0.05) is 78.9 Å². The van der Waals surface area contributed by atoms with Crippen LogP contribution in [0.2, 0.25) is 0 Å². The van der Waals surface area contributed by atoms with Gasteiger partial charge in [0.05, 0.1) is 6.04 Å². The van der Waals surface area contributed by atoms with Crippen molar-refractivity contribution in [2.75, 3.05) is 25.5 Å². The van der Waals surface area contributed by atoms with Crippen LogP contribution < -0.4 is 21.3 Å². The molecular weight excluding hydrogens is 412 g/mol. The van der Waals surface area contributed by atoms with E-state index in [1.165, 1.54) is 6.08 Å². The molecule has 0 spiro atoms. The van der Waals surface area contributed by atoms with E-state index in [9.17, 15) is 9.59 Å². The summed E-state index contributed by atoms with van der Waals surface area (Å²) in [4.78, 5) is 24.7. The van der Waals surface area contributed by atoms with Crippen molar-refractivity contribution in [2.45, 2.75) is 12.5 Å². The Balaban J connectivity index is 1.61. The summed E-state index contributed by atoms with van der Waals surface area (Å²) < 4.78 is 0. The van der Waals surface area contributed by atoms with Crippen LogP contribution in [-0.4, -0.2) is 38.1 Å². The van der Waals surface area contributed by atoms with Crippen LogP contribution in [0.25, 0.3) is 11.1 Å². The van der Waals surface area contributed by atoms with Gasteiger partial charge < -0.3 is 21.3 Å². The minimum absolute atomic E-state index is 0.193. The highest BCUT2D eigenvalue weighted by atomic mass is 16.2. The Morgan fingerprint density at radius 2 is 1.45 bits per heavy atom. The first-order chi connectivity index (χ1) is 16.1. The maximum absolute atomic E-state index is 12.7. The first kappa shape index (κ1) is 23.8. The van der Waals surface area contributed by atoms with Gasteiger partial charge in [-0.15, -0.1) is 0 Å². The van der Waals surface area contributed by atoms with E-state index in [1.54, 1.807) is 6.08 Å². The Kier molecular flexibility index (Phi) is 9.24. The number of anilines is 1. The zero-order valence-corrected chi connectivity index (χ0v) is 18.8. The lowest BCUT2D eigenvalue weighted by Crippen LogP contribution is -2.38. The van der Waals surface area contributed by atoms with Gasteiger partial charge in [-0.2, -0.15) is 0 Å². The molecule has 4 N–H and O–H groups in total. The highest BCUT2D eigenvalue weighted by Gasteiger charge is 2.11. The van der Waals surface area contributed by atoms with Gasteiger partial charge in [-0.3, -0.25) is 4.79 Å². The number of carbonyl (C=O) groups is 2. The van der Waals surface area contributed by atoms with E-state index in [0.29, 0.717) is 25.2 Å². The fourth-order valence-corrected chi connectivity index (χ4v) is 3.32. The lowest BCUT2D eigenvalue weighted by molar-refractivity contribution is -0.116. The molecule has 0 unspecified atom stereocenters. The molecular formula is C27H30N4O2. The van der Waals surface area contributed by atoms with Crippen LogP contribution in [0.4, 0.5) is 10.5 Å². The standard InChI is InChI=1S/C27H30N4O2/c1-28-18-19-29-26(32)17-16-25(20-21-8-4-2-5-9-21)31-27(33)30-24-14-12-23(13-15-24)22-10-6-3-7-11-22/h2-17,25,28H,18-20H2,1H3,(H,29,32)(H2,30,31,33)/b17-16+/t25-/m1/s1. The molecule has 6 heteroatoms. The Morgan fingerprint density at radius 1 is 0.818 bits per heavy atom. The summed E-state index contributed by atoms with van der Waals surface area (Å²) in [5.74, 6) is -0.193. The topological polar surface area (TPSA) is 82.3 Å². The molecule has 0 bridgehead atoms. The van der Waals surface area contributed by atoms with E-state index in [-0.39, 0.29) is 18.0 Å². The third-order valence-corrected chi connectivity index (χ3v) is 5.02. The van der Waals surface area contributed by atoms with Crippen LogP contribution in [0.15, 0.2) is 97.1 Å². The number of hydrogen-bond acceptors (Lipinski definition) is 3. The lowest BCUT2D eigenvalue weighted by atomic mass is 10.1. The summed E-state index contributed by atoms with van der Waals surface area (Å²) in [6.07, 6.45) is 3.76. The van der Waals surface area contributed by atoms with Crippen LogP contribution in [0, 0.1) is 0 Å². The molecule has 33 heavy (non-hydrogen) atoms. The predicted octanol–water partition coefficient (Wildman–Crippen LogP) is 3.98. The van der Waals surface area contributed by atoms with Crippen molar-refractivity contribution >= 4 is 17.6 Å². The van der Waals surface area contributed by atoms with Gasteiger partial charge >= 0.3 is 6.03 Å². The third-order valence-electron chi connectivity index (χ3n) is 5.02. The number of amides is 3. The lowest BCUT2D eigenvalue weighted by Gasteiger charge is -2.16. The van der Waals surface area contributed by atoms with Crippen molar-refractivity contribution in [2.24, 2.45) is 0 Å². The molecule has 170 valence electrons. The van der Waals surface area contributed by atoms with Crippen LogP contribution in [0.5, 0.6) is 0 Å². The summed E-state index contributed by atoms with van der Waals surface area (Å²) in [5, 5.41) is 11.6. The SMILES string of the molecule is CNCCNC(=O)/C=C/[C@H](Cc1ccccc1)NC(=O)Nc1ccc(-c2ccccc2)cc1. The summed E-state index contributed by atoms with van der Waals surface area (Å²) >= 11 is 0. The average Bonchev–Trinajstić information content (AvgIpc) is 2.84. The summed E-state index contributed by atoms with van der Waals surface area (Å²) in [7, 11) is 1.83. The fraction of sp³-hybridized carbons (Fsp3) is 0.185. The zero-order valence-electron chi connectivity index (χ0n) is 18.8. The van der Waals surface area contributed by atoms with Crippen molar-refractivity contribution in [1.82, 2.24) is 16.0 Å². The second kappa shape index (κ2) is 12.8. The number of rotatable bonds is 10. The molecule has 0 aliphatic heterocycles. The van der Waals surface area contributed by atoms with Gasteiger partial charge in [0.25, 0.3) is 0 Å². The quantitative estimate of drug-likeness (QED) is 0.283. The maximum Gasteiger partial charge on any atom is 0.319 e. The van der Waals surface area contributed by atoms with Gasteiger partial charge in [-0.25, -0.2) is 4.79 Å². The van der Waals surface area contributed by atoms with Gasteiger partial charge in [0.15, 0.2) is 0 Å². The summed E-state index contributed by atoms with van der Waals surface area (Å²) in [6.45, 7) is 1.23. The second-order valence-corrected chi connectivity index (χ2v) is 7.59. The van der Waals surface area contributed by atoms with Gasteiger partial charge in [0.1, 0.15) is 0 Å².